The maximum absolute atomic E-state index is 12.0. The standard InChI is InChI=1S/C17H12Cl3N3O3S/c18-10-1-4-12(5-2-10)25-8-16-22-23-17(26-16)27-9-15(24)21-11-3-6-13(19)14(20)7-11/h1-7H,8-9H2,(H,21,24). The Morgan fingerprint density at radius 1 is 1.07 bits per heavy atom. The lowest BCUT2D eigenvalue weighted by atomic mass is 10.3. The summed E-state index contributed by atoms with van der Waals surface area (Å²) in [5.74, 6) is 0.792. The third kappa shape index (κ3) is 6.04. The highest BCUT2D eigenvalue weighted by molar-refractivity contribution is 7.99. The Morgan fingerprint density at radius 3 is 2.59 bits per heavy atom. The molecule has 3 rings (SSSR count). The van der Waals surface area contributed by atoms with Crippen LogP contribution in [0.25, 0.3) is 0 Å². The summed E-state index contributed by atoms with van der Waals surface area (Å²) < 4.78 is 11.0. The van der Waals surface area contributed by atoms with E-state index in [1.807, 2.05) is 0 Å². The number of carbonyl (C=O) groups excluding carboxylic acids is 1. The Labute approximate surface area is 174 Å². The quantitative estimate of drug-likeness (QED) is 0.496. The van der Waals surface area contributed by atoms with Crippen LogP contribution in [0.4, 0.5) is 5.69 Å². The molecule has 27 heavy (non-hydrogen) atoms. The van der Waals surface area contributed by atoms with E-state index in [9.17, 15) is 4.79 Å². The Balaban J connectivity index is 1.46. The summed E-state index contributed by atoms with van der Waals surface area (Å²) >= 11 is 18.7. The number of anilines is 1. The van der Waals surface area contributed by atoms with Crippen molar-refractivity contribution >= 4 is 58.2 Å². The van der Waals surface area contributed by atoms with Gasteiger partial charge >= 0.3 is 0 Å². The molecule has 0 bridgehead atoms. The molecule has 0 atom stereocenters. The summed E-state index contributed by atoms with van der Waals surface area (Å²) in [5.41, 5.74) is 0.553. The van der Waals surface area contributed by atoms with Gasteiger partial charge in [0.2, 0.25) is 5.91 Å². The maximum atomic E-state index is 12.0. The summed E-state index contributed by atoms with van der Waals surface area (Å²) in [6, 6.07) is 11.8. The number of thioether (sulfide) groups is 1. The molecule has 0 aliphatic heterocycles. The summed E-state index contributed by atoms with van der Waals surface area (Å²) in [6.45, 7) is 0.116. The number of amides is 1. The van der Waals surface area contributed by atoms with Gasteiger partial charge in [0.15, 0.2) is 6.61 Å². The van der Waals surface area contributed by atoms with Crippen LogP contribution in [-0.2, 0) is 11.4 Å². The second-order valence-corrected chi connectivity index (χ2v) is 7.35. The van der Waals surface area contributed by atoms with Crippen molar-refractivity contribution in [2.24, 2.45) is 0 Å². The van der Waals surface area contributed by atoms with Gasteiger partial charge in [-0.05, 0) is 42.5 Å². The van der Waals surface area contributed by atoms with E-state index in [0.29, 0.717) is 32.4 Å². The van der Waals surface area contributed by atoms with Crippen LogP contribution in [0.3, 0.4) is 0 Å². The average Bonchev–Trinajstić information content (AvgIpc) is 3.11. The molecule has 0 fully saturated rings. The molecule has 1 N–H and O–H groups in total. The minimum Gasteiger partial charge on any atom is -0.484 e. The van der Waals surface area contributed by atoms with E-state index in [4.69, 9.17) is 44.0 Å². The highest BCUT2D eigenvalue weighted by Gasteiger charge is 2.11. The Morgan fingerprint density at radius 2 is 1.85 bits per heavy atom. The fourth-order valence-corrected chi connectivity index (χ4v) is 2.93. The number of carbonyl (C=O) groups is 1. The summed E-state index contributed by atoms with van der Waals surface area (Å²) in [5, 5.41) is 12.1. The molecular formula is C17H12Cl3N3O3S. The molecule has 1 amide bonds. The van der Waals surface area contributed by atoms with E-state index >= 15 is 0 Å². The van der Waals surface area contributed by atoms with Crippen LogP contribution in [0.15, 0.2) is 52.1 Å². The Hall–Kier alpha value is -1.93. The minimum absolute atomic E-state index is 0.0971. The SMILES string of the molecule is O=C(CSc1nnc(COc2ccc(Cl)cc2)o1)Nc1ccc(Cl)c(Cl)c1. The number of hydrogen-bond acceptors (Lipinski definition) is 6. The molecule has 10 heteroatoms. The van der Waals surface area contributed by atoms with Crippen LogP contribution in [0, 0.1) is 0 Å². The van der Waals surface area contributed by atoms with Crippen LogP contribution in [0.5, 0.6) is 5.75 Å². The normalized spacial score (nSPS) is 10.6. The number of hydrogen-bond donors (Lipinski definition) is 1. The van der Waals surface area contributed by atoms with Gasteiger partial charge in [-0.3, -0.25) is 4.79 Å². The zero-order valence-electron chi connectivity index (χ0n) is 13.6. The third-order valence-electron chi connectivity index (χ3n) is 3.15. The van der Waals surface area contributed by atoms with Gasteiger partial charge in [-0.1, -0.05) is 46.6 Å². The monoisotopic (exact) mass is 443 g/mol. The summed E-state index contributed by atoms with van der Waals surface area (Å²) in [7, 11) is 0. The molecule has 3 aromatic rings. The van der Waals surface area contributed by atoms with Gasteiger partial charge in [0, 0.05) is 10.7 Å². The van der Waals surface area contributed by atoms with Gasteiger partial charge in [-0.2, -0.15) is 0 Å². The van der Waals surface area contributed by atoms with Crippen molar-refractivity contribution in [2.75, 3.05) is 11.1 Å². The molecular weight excluding hydrogens is 433 g/mol. The topological polar surface area (TPSA) is 77.2 Å². The molecule has 0 spiro atoms. The van der Waals surface area contributed by atoms with Crippen LogP contribution in [0.1, 0.15) is 5.89 Å². The van der Waals surface area contributed by atoms with Crippen molar-refractivity contribution in [1.29, 1.82) is 0 Å². The van der Waals surface area contributed by atoms with Gasteiger partial charge in [0.05, 0.1) is 15.8 Å². The van der Waals surface area contributed by atoms with Gasteiger partial charge < -0.3 is 14.5 Å². The number of benzene rings is 2. The maximum Gasteiger partial charge on any atom is 0.277 e. The lowest BCUT2D eigenvalue weighted by Gasteiger charge is -2.05. The Bertz CT molecular complexity index is 935. The predicted octanol–water partition coefficient (Wildman–Crippen LogP) is 5.34. The number of aromatic nitrogens is 2. The predicted molar refractivity (Wildman–Crippen MR) is 106 cm³/mol. The van der Waals surface area contributed by atoms with Crippen molar-refractivity contribution in [1.82, 2.24) is 10.2 Å². The molecule has 0 saturated heterocycles. The first kappa shape index (κ1) is 19.8. The molecule has 0 unspecified atom stereocenters. The molecule has 6 nitrogen and oxygen atoms in total. The van der Waals surface area contributed by atoms with E-state index in [2.05, 4.69) is 15.5 Å². The second-order valence-electron chi connectivity index (χ2n) is 5.17. The number of halogens is 3. The van der Waals surface area contributed by atoms with E-state index in [1.165, 1.54) is 0 Å². The molecule has 0 aliphatic rings. The summed E-state index contributed by atoms with van der Waals surface area (Å²) in [4.78, 5) is 12.0. The molecule has 1 heterocycles. The van der Waals surface area contributed by atoms with Crippen LogP contribution in [-0.4, -0.2) is 21.9 Å². The van der Waals surface area contributed by atoms with Crippen molar-refractivity contribution in [3.8, 4) is 5.75 Å². The molecule has 2 aromatic carbocycles. The smallest absolute Gasteiger partial charge is 0.277 e. The van der Waals surface area contributed by atoms with Gasteiger partial charge in [-0.15, -0.1) is 10.2 Å². The average molecular weight is 445 g/mol. The van der Waals surface area contributed by atoms with Crippen molar-refractivity contribution in [3.05, 3.63) is 63.4 Å². The van der Waals surface area contributed by atoms with Gasteiger partial charge in [0.25, 0.3) is 11.1 Å². The fraction of sp³-hybridized carbons (Fsp3) is 0.118. The minimum atomic E-state index is -0.240. The van der Waals surface area contributed by atoms with Gasteiger partial charge in [0.1, 0.15) is 5.75 Å². The van der Waals surface area contributed by atoms with E-state index in [0.717, 1.165) is 11.8 Å². The zero-order valence-corrected chi connectivity index (χ0v) is 16.7. The molecule has 1 aromatic heterocycles. The van der Waals surface area contributed by atoms with E-state index in [1.54, 1.807) is 42.5 Å². The number of ether oxygens (including phenoxy) is 1. The van der Waals surface area contributed by atoms with Crippen LogP contribution < -0.4 is 10.1 Å². The second kappa shape index (κ2) is 9.32. The molecule has 0 radical (unpaired) electrons. The highest BCUT2D eigenvalue weighted by atomic mass is 35.5. The van der Waals surface area contributed by atoms with E-state index in [-0.39, 0.29) is 23.5 Å². The van der Waals surface area contributed by atoms with E-state index < -0.39 is 0 Å². The lowest BCUT2D eigenvalue weighted by molar-refractivity contribution is -0.113. The number of nitrogens with one attached hydrogen (secondary N) is 1. The molecule has 0 saturated carbocycles. The largest absolute Gasteiger partial charge is 0.484 e. The van der Waals surface area contributed by atoms with Crippen molar-refractivity contribution < 1.29 is 13.9 Å². The fourth-order valence-electron chi connectivity index (χ4n) is 1.93. The van der Waals surface area contributed by atoms with Crippen molar-refractivity contribution in [2.45, 2.75) is 11.8 Å². The first-order valence-corrected chi connectivity index (χ1v) is 9.70. The number of rotatable bonds is 7. The first-order valence-electron chi connectivity index (χ1n) is 7.58. The van der Waals surface area contributed by atoms with Gasteiger partial charge in [-0.25, -0.2) is 0 Å². The number of nitrogens with zero attached hydrogens (tertiary/aromatic N) is 2. The lowest BCUT2D eigenvalue weighted by Crippen LogP contribution is -2.13. The molecule has 0 aliphatic carbocycles. The van der Waals surface area contributed by atoms with Crippen LogP contribution in [0.2, 0.25) is 15.1 Å². The molecule has 140 valence electrons. The van der Waals surface area contributed by atoms with Crippen molar-refractivity contribution in [3.63, 3.8) is 0 Å². The Kier molecular flexibility index (Phi) is 6.84. The highest BCUT2D eigenvalue weighted by Crippen LogP contribution is 2.25. The zero-order chi connectivity index (χ0) is 19.2. The third-order valence-corrected chi connectivity index (χ3v) is 4.96. The summed E-state index contributed by atoms with van der Waals surface area (Å²) in [6.07, 6.45) is 0. The first-order chi connectivity index (χ1) is 13.0. The van der Waals surface area contributed by atoms with Crippen LogP contribution >= 0.6 is 46.6 Å².